The summed E-state index contributed by atoms with van der Waals surface area (Å²) < 4.78 is 11.4. The van der Waals surface area contributed by atoms with E-state index in [9.17, 15) is 4.79 Å². The highest BCUT2D eigenvalue weighted by molar-refractivity contribution is 5.78. The first-order valence-corrected chi connectivity index (χ1v) is 13.9. The molecule has 0 atom stereocenters. The van der Waals surface area contributed by atoms with Gasteiger partial charge in [0.25, 0.3) is 0 Å². The fourth-order valence-electron chi connectivity index (χ4n) is 4.94. The number of fused-ring (bicyclic) bond motifs is 1. The third kappa shape index (κ3) is 6.13. The molecule has 0 aliphatic carbocycles. The second kappa shape index (κ2) is 11.2. The Morgan fingerprint density at radius 3 is 2.41 bits per heavy atom. The van der Waals surface area contributed by atoms with Crippen molar-refractivity contribution in [3.8, 4) is 22.5 Å². The Kier molecular flexibility index (Phi) is 7.69. The zero-order chi connectivity index (χ0) is 27.6. The molecule has 4 aromatic rings. The monoisotopic (exact) mass is 533 g/mol. The van der Waals surface area contributed by atoms with Crippen molar-refractivity contribution in [2.24, 2.45) is 0 Å². The summed E-state index contributed by atoms with van der Waals surface area (Å²) in [6, 6.07) is 2.36. The van der Waals surface area contributed by atoms with Crippen LogP contribution in [0.4, 0.5) is 4.79 Å². The number of aromatic nitrogens is 7. The van der Waals surface area contributed by atoms with E-state index in [4.69, 9.17) is 9.72 Å². The molecule has 208 valence electrons. The van der Waals surface area contributed by atoms with Crippen molar-refractivity contribution in [1.29, 1.82) is 0 Å². The number of nitrogens with zero attached hydrogens (tertiary/aromatic N) is 9. The van der Waals surface area contributed by atoms with Gasteiger partial charge in [0.1, 0.15) is 5.60 Å². The summed E-state index contributed by atoms with van der Waals surface area (Å²) in [5.41, 5.74) is 4.06. The van der Waals surface area contributed by atoms with Crippen LogP contribution in [0.3, 0.4) is 0 Å². The molecule has 1 aliphatic rings. The molecule has 1 fully saturated rings. The quantitative estimate of drug-likeness (QED) is 0.332. The summed E-state index contributed by atoms with van der Waals surface area (Å²) in [5.74, 6) is 0. The standard InChI is InChI=1S/C28H39N9O2/c1-6-23(7-2)36-19-22(17-31-36)26-25-8-9-29-37(25)20-24(32-26)21-16-30-35(18-21)15-12-33-10-13-34(14-11-33)27(38)39-28(3,4)5/h8-9,16-20,23H,6-7,10-15H2,1-5H3. The van der Waals surface area contributed by atoms with Gasteiger partial charge in [-0.15, -0.1) is 0 Å². The van der Waals surface area contributed by atoms with Crippen LogP contribution in [-0.2, 0) is 11.3 Å². The molecule has 5 heterocycles. The number of ether oxygens (including phenoxy) is 1. The summed E-state index contributed by atoms with van der Waals surface area (Å²) in [7, 11) is 0. The number of amides is 1. The van der Waals surface area contributed by atoms with Crippen LogP contribution in [0.2, 0.25) is 0 Å². The number of hydrogen-bond donors (Lipinski definition) is 0. The van der Waals surface area contributed by atoms with E-state index in [-0.39, 0.29) is 6.09 Å². The zero-order valence-electron chi connectivity index (χ0n) is 23.6. The Hall–Kier alpha value is -3.73. The number of rotatable bonds is 8. The summed E-state index contributed by atoms with van der Waals surface area (Å²) in [5, 5.41) is 13.7. The molecule has 4 aromatic heterocycles. The van der Waals surface area contributed by atoms with Crippen molar-refractivity contribution >= 4 is 11.6 Å². The van der Waals surface area contributed by atoms with Crippen LogP contribution in [0, 0.1) is 0 Å². The van der Waals surface area contributed by atoms with Gasteiger partial charge >= 0.3 is 6.09 Å². The number of piperazine rings is 1. The van der Waals surface area contributed by atoms with Crippen LogP contribution < -0.4 is 0 Å². The Balaban J connectivity index is 1.25. The van der Waals surface area contributed by atoms with E-state index in [1.54, 1.807) is 11.1 Å². The van der Waals surface area contributed by atoms with Crippen LogP contribution in [0.25, 0.3) is 28.0 Å². The van der Waals surface area contributed by atoms with E-state index in [1.165, 1.54) is 0 Å². The average Bonchev–Trinajstić information content (AvgIpc) is 3.68. The Morgan fingerprint density at radius 1 is 0.949 bits per heavy atom. The Bertz CT molecular complexity index is 1400. The van der Waals surface area contributed by atoms with Crippen molar-refractivity contribution in [2.75, 3.05) is 32.7 Å². The third-order valence-electron chi connectivity index (χ3n) is 7.18. The van der Waals surface area contributed by atoms with E-state index < -0.39 is 5.60 Å². The largest absolute Gasteiger partial charge is 0.444 e. The highest BCUT2D eigenvalue weighted by atomic mass is 16.6. The lowest BCUT2D eigenvalue weighted by atomic mass is 10.1. The second-order valence-electron chi connectivity index (χ2n) is 11.1. The predicted molar refractivity (Wildman–Crippen MR) is 149 cm³/mol. The van der Waals surface area contributed by atoms with Crippen molar-refractivity contribution in [3.63, 3.8) is 0 Å². The molecule has 0 unspecified atom stereocenters. The van der Waals surface area contributed by atoms with Crippen LogP contribution in [0.15, 0.2) is 43.2 Å². The van der Waals surface area contributed by atoms with E-state index in [2.05, 4.69) is 40.2 Å². The number of hydrogen-bond acceptors (Lipinski definition) is 7. The molecular weight excluding hydrogens is 494 g/mol. The van der Waals surface area contributed by atoms with Gasteiger partial charge in [-0.3, -0.25) is 14.3 Å². The first kappa shape index (κ1) is 26.9. The molecule has 11 heteroatoms. The molecule has 11 nitrogen and oxygen atoms in total. The highest BCUT2D eigenvalue weighted by Crippen LogP contribution is 2.28. The van der Waals surface area contributed by atoms with E-state index in [0.29, 0.717) is 19.1 Å². The van der Waals surface area contributed by atoms with Crippen LogP contribution in [0.5, 0.6) is 0 Å². The molecule has 5 rings (SSSR count). The first-order valence-electron chi connectivity index (χ1n) is 13.9. The summed E-state index contributed by atoms with van der Waals surface area (Å²) in [6.07, 6.45) is 13.4. The maximum Gasteiger partial charge on any atom is 0.410 e. The third-order valence-corrected chi connectivity index (χ3v) is 7.18. The summed E-state index contributed by atoms with van der Waals surface area (Å²) >= 11 is 0. The molecule has 1 amide bonds. The van der Waals surface area contributed by atoms with Crippen molar-refractivity contribution in [3.05, 3.63) is 43.2 Å². The summed E-state index contributed by atoms with van der Waals surface area (Å²) in [4.78, 5) is 21.5. The zero-order valence-corrected chi connectivity index (χ0v) is 23.6. The lowest BCUT2D eigenvalue weighted by Gasteiger charge is -2.35. The molecule has 0 spiro atoms. The molecule has 0 N–H and O–H groups in total. The maximum absolute atomic E-state index is 12.3. The van der Waals surface area contributed by atoms with Crippen LogP contribution in [-0.4, -0.2) is 88.4 Å². The molecule has 1 aliphatic heterocycles. The van der Waals surface area contributed by atoms with Gasteiger partial charge in [-0.2, -0.15) is 15.3 Å². The Morgan fingerprint density at radius 2 is 1.69 bits per heavy atom. The van der Waals surface area contributed by atoms with Gasteiger partial charge in [0, 0.05) is 56.2 Å². The van der Waals surface area contributed by atoms with Crippen molar-refractivity contribution in [1.82, 2.24) is 44.0 Å². The lowest BCUT2D eigenvalue weighted by Crippen LogP contribution is -2.50. The van der Waals surface area contributed by atoms with E-state index in [1.807, 2.05) is 65.5 Å². The van der Waals surface area contributed by atoms with Gasteiger partial charge in [-0.25, -0.2) is 14.3 Å². The number of carbonyl (C=O) groups excluding carboxylic acids is 1. The van der Waals surface area contributed by atoms with Crippen LogP contribution in [0.1, 0.15) is 53.5 Å². The molecular formula is C28H39N9O2. The fourth-order valence-corrected chi connectivity index (χ4v) is 4.94. The van der Waals surface area contributed by atoms with Gasteiger partial charge in [-0.1, -0.05) is 13.8 Å². The van der Waals surface area contributed by atoms with E-state index in [0.717, 1.165) is 67.1 Å². The minimum absolute atomic E-state index is 0.234. The van der Waals surface area contributed by atoms with Gasteiger partial charge in [0.05, 0.1) is 54.3 Å². The molecule has 0 aromatic carbocycles. The average molecular weight is 534 g/mol. The SMILES string of the molecule is CCC(CC)n1cc(-c2nc(-c3cnn(CCN4CCN(C(=O)OC(C)(C)C)CC4)c3)cn3nccc23)cn1. The number of carbonyl (C=O) groups is 1. The minimum Gasteiger partial charge on any atom is -0.444 e. The molecule has 0 radical (unpaired) electrons. The summed E-state index contributed by atoms with van der Waals surface area (Å²) in [6.45, 7) is 14.6. The van der Waals surface area contributed by atoms with Gasteiger partial charge in [-0.05, 0) is 39.7 Å². The van der Waals surface area contributed by atoms with Crippen LogP contribution >= 0.6 is 0 Å². The topological polar surface area (TPSA) is 98.6 Å². The highest BCUT2D eigenvalue weighted by Gasteiger charge is 2.25. The molecule has 0 saturated carbocycles. The molecule has 39 heavy (non-hydrogen) atoms. The first-order chi connectivity index (χ1) is 18.7. The van der Waals surface area contributed by atoms with Crippen molar-refractivity contribution < 1.29 is 9.53 Å². The van der Waals surface area contributed by atoms with Gasteiger partial charge in [0.2, 0.25) is 0 Å². The van der Waals surface area contributed by atoms with Crippen molar-refractivity contribution in [2.45, 2.75) is 65.6 Å². The maximum atomic E-state index is 12.3. The van der Waals surface area contributed by atoms with Gasteiger partial charge in [0.15, 0.2) is 0 Å². The minimum atomic E-state index is -0.473. The smallest absolute Gasteiger partial charge is 0.410 e. The van der Waals surface area contributed by atoms with Gasteiger partial charge < -0.3 is 9.64 Å². The molecule has 0 bridgehead atoms. The lowest BCUT2D eigenvalue weighted by molar-refractivity contribution is 0.0142. The fraction of sp³-hybridized carbons (Fsp3) is 0.536. The Labute approximate surface area is 229 Å². The molecule has 1 saturated heterocycles. The second-order valence-corrected chi connectivity index (χ2v) is 11.1. The normalized spacial score (nSPS) is 15.0. The van der Waals surface area contributed by atoms with E-state index >= 15 is 0 Å². The predicted octanol–water partition coefficient (Wildman–Crippen LogP) is 4.37.